The minimum absolute atomic E-state index is 0.0178. The third-order valence-corrected chi connectivity index (χ3v) is 3.27. The van der Waals surface area contributed by atoms with Gasteiger partial charge in [0.2, 0.25) is 0 Å². The molecule has 20 heavy (non-hydrogen) atoms. The fourth-order valence-electron chi connectivity index (χ4n) is 2.40. The molecule has 0 amide bonds. The topological polar surface area (TPSA) is 43.8 Å². The van der Waals surface area contributed by atoms with Crippen LogP contribution in [0.15, 0.2) is 30.3 Å². The van der Waals surface area contributed by atoms with E-state index in [-0.39, 0.29) is 5.41 Å². The molecule has 108 valence electrons. The molecule has 0 aliphatic rings. The molecule has 0 fully saturated rings. The van der Waals surface area contributed by atoms with E-state index in [9.17, 15) is 0 Å². The number of hydrogen-bond acceptors (Lipinski definition) is 2. The van der Waals surface area contributed by atoms with Gasteiger partial charge in [0, 0.05) is 17.5 Å². The molecular weight excluding hydrogens is 246 g/mol. The number of aromatic nitrogens is 2. The highest BCUT2D eigenvalue weighted by Gasteiger charge is 2.25. The van der Waals surface area contributed by atoms with Crippen LogP contribution in [-0.4, -0.2) is 9.55 Å². The molecule has 0 aliphatic carbocycles. The summed E-state index contributed by atoms with van der Waals surface area (Å²) in [4.78, 5) is 4.84. The molecule has 1 heterocycles. The Bertz CT molecular complexity index is 574. The van der Waals surface area contributed by atoms with Crippen LogP contribution in [0, 0.1) is 5.92 Å². The zero-order chi connectivity index (χ0) is 14.9. The van der Waals surface area contributed by atoms with E-state index >= 15 is 0 Å². The molecule has 0 unspecified atom stereocenters. The van der Waals surface area contributed by atoms with Crippen LogP contribution in [0.1, 0.15) is 40.4 Å². The zero-order valence-electron chi connectivity index (χ0n) is 13.1. The number of benzene rings is 1. The van der Waals surface area contributed by atoms with E-state index in [2.05, 4.69) is 51.3 Å². The first-order chi connectivity index (χ1) is 9.30. The van der Waals surface area contributed by atoms with Gasteiger partial charge < -0.3 is 10.3 Å². The summed E-state index contributed by atoms with van der Waals surface area (Å²) in [5, 5.41) is 0. The number of imidazole rings is 1. The molecule has 2 N–H and O–H groups in total. The van der Waals surface area contributed by atoms with Crippen LogP contribution in [0.3, 0.4) is 0 Å². The molecule has 0 radical (unpaired) electrons. The zero-order valence-corrected chi connectivity index (χ0v) is 13.1. The average molecular weight is 271 g/mol. The Hall–Kier alpha value is -1.77. The Balaban J connectivity index is 2.59. The largest absolute Gasteiger partial charge is 0.383 e. The van der Waals surface area contributed by atoms with Crippen molar-refractivity contribution in [2.75, 3.05) is 5.73 Å². The van der Waals surface area contributed by atoms with Crippen molar-refractivity contribution in [2.24, 2.45) is 5.92 Å². The molecule has 2 rings (SSSR count). The van der Waals surface area contributed by atoms with Gasteiger partial charge in [-0.1, -0.05) is 65.0 Å². The molecule has 0 atom stereocenters. The molecule has 0 saturated heterocycles. The molecule has 0 saturated carbocycles. The summed E-state index contributed by atoms with van der Waals surface area (Å²) in [6, 6.07) is 10.2. The maximum Gasteiger partial charge on any atom is 0.131 e. The molecule has 2 aromatic rings. The molecule has 1 aromatic carbocycles. The minimum Gasteiger partial charge on any atom is -0.383 e. The second kappa shape index (κ2) is 5.31. The lowest BCUT2D eigenvalue weighted by molar-refractivity contribution is 0.455. The van der Waals surface area contributed by atoms with Crippen LogP contribution in [0.5, 0.6) is 0 Å². The van der Waals surface area contributed by atoms with Crippen LogP contribution < -0.4 is 5.73 Å². The first kappa shape index (κ1) is 14.6. The predicted octanol–water partition coefficient (Wildman–Crippen LogP) is 4.09. The van der Waals surface area contributed by atoms with Crippen molar-refractivity contribution in [3.8, 4) is 11.3 Å². The van der Waals surface area contributed by atoms with Gasteiger partial charge in [-0.15, -0.1) is 0 Å². The van der Waals surface area contributed by atoms with Gasteiger partial charge in [0.1, 0.15) is 17.3 Å². The molecule has 0 aliphatic heterocycles. The van der Waals surface area contributed by atoms with Crippen molar-refractivity contribution in [2.45, 2.75) is 46.6 Å². The van der Waals surface area contributed by atoms with Crippen LogP contribution >= 0.6 is 0 Å². The van der Waals surface area contributed by atoms with Crippen molar-refractivity contribution in [1.29, 1.82) is 0 Å². The lowest BCUT2D eigenvalue weighted by Gasteiger charge is -2.21. The first-order valence-corrected chi connectivity index (χ1v) is 7.22. The monoisotopic (exact) mass is 271 g/mol. The van der Waals surface area contributed by atoms with Gasteiger partial charge in [-0.05, 0) is 5.92 Å². The quantitative estimate of drug-likeness (QED) is 0.914. The molecular formula is C17H25N3. The molecule has 3 nitrogen and oxygen atoms in total. The van der Waals surface area contributed by atoms with E-state index < -0.39 is 0 Å². The second-order valence-electron chi connectivity index (χ2n) is 6.79. The lowest BCUT2D eigenvalue weighted by atomic mass is 9.95. The summed E-state index contributed by atoms with van der Waals surface area (Å²) >= 11 is 0. The summed E-state index contributed by atoms with van der Waals surface area (Å²) < 4.78 is 2.17. The molecule has 3 heteroatoms. The normalized spacial score (nSPS) is 12.1. The van der Waals surface area contributed by atoms with E-state index in [1.165, 1.54) is 0 Å². The van der Waals surface area contributed by atoms with Gasteiger partial charge in [-0.3, -0.25) is 0 Å². The standard InChI is InChI=1S/C17H25N3/c1-12(2)11-20-15(18)14(13-9-7-6-8-10-13)19-16(20)17(3,4)5/h6-10,12H,11,18H2,1-5H3. The van der Waals surface area contributed by atoms with Gasteiger partial charge in [-0.25, -0.2) is 4.98 Å². The van der Waals surface area contributed by atoms with Gasteiger partial charge in [-0.2, -0.15) is 0 Å². The van der Waals surface area contributed by atoms with Crippen molar-refractivity contribution in [1.82, 2.24) is 9.55 Å². The third kappa shape index (κ3) is 2.87. The number of nitrogens with zero attached hydrogens (tertiary/aromatic N) is 2. The minimum atomic E-state index is -0.0178. The third-order valence-electron chi connectivity index (χ3n) is 3.27. The van der Waals surface area contributed by atoms with Crippen LogP contribution in [0.25, 0.3) is 11.3 Å². The van der Waals surface area contributed by atoms with E-state index in [4.69, 9.17) is 10.7 Å². The van der Waals surface area contributed by atoms with Gasteiger partial charge in [0.15, 0.2) is 0 Å². The lowest BCUT2D eigenvalue weighted by Crippen LogP contribution is -2.21. The number of nitrogens with two attached hydrogens (primary N) is 1. The van der Waals surface area contributed by atoms with Crippen LogP contribution in [0.4, 0.5) is 5.82 Å². The van der Waals surface area contributed by atoms with E-state index in [0.29, 0.717) is 5.92 Å². The van der Waals surface area contributed by atoms with Crippen LogP contribution in [0.2, 0.25) is 0 Å². The highest BCUT2D eigenvalue weighted by atomic mass is 15.2. The Labute approximate surface area is 121 Å². The fraction of sp³-hybridized carbons (Fsp3) is 0.471. The first-order valence-electron chi connectivity index (χ1n) is 7.22. The Kier molecular flexibility index (Phi) is 3.89. The maximum absolute atomic E-state index is 6.38. The molecule has 1 aromatic heterocycles. The number of anilines is 1. The molecule has 0 bridgehead atoms. The Morgan fingerprint density at radius 1 is 1.15 bits per heavy atom. The summed E-state index contributed by atoms with van der Waals surface area (Å²) in [6.45, 7) is 11.8. The maximum atomic E-state index is 6.38. The summed E-state index contributed by atoms with van der Waals surface area (Å²) in [5.74, 6) is 2.37. The Morgan fingerprint density at radius 3 is 2.25 bits per heavy atom. The van der Waals surface area contributed by atoms with E-state index in [1.54, 1.807) is 0 Å². The summed E-state index contributed by atoms with van der Waals surface area (Å²) in [7, 11) is 0. The summed E-state index contributed by atoms with van der Waals surface area (Å²) in [5.41, 5.74) is 8.34. The van der Waals surface area contributed by atoms with Gasteiger partial charge in [0.25, 0.3) is 0 Å². The van der Waals surface area contributed by atoms with Crippen molar-refractivity contribution in [3.63, 3.8) is 0 Å². The Morgan fingerprint density at radius 2 is 1.75 bits per heavy atom. The summed E-state index contributed by atoms with van der Waals surface area (Å²) in [6.07, 6.45) is 0. The fourth-order valence-corrected chi connectivity index (χ4v) is 2.40. The highest BCUT2D eigenvalue weighted by molar-refractivity contribution is 5.71. The van der Waals surface area contributed by atoms with Crippen LogP contribution in [-0.2, 0) is 12.0 Å². The van der Waals surface area contributed by atoms with E-state index in [0.717, 1.165) is 29.4 Å². The van der Waals surface area contributed by atoms with Crippen molar-refractivity contribution in [3.05, 3.63) is 36.2 Å². The van der Waals surface area contributed by atoms with E-state index in [1.807, 2.05) is 18.2 Å². The van der Waals surface area contributed by atoms with Gasteiger partial charge in [0.05, 0.1) is 0 Å². The second-order valence-corrected chi connectivity index (χ2v) is 6.79. The number of nitrogen functional groups attached to an aromatic ring is 1. The predicted molar refractivity (Wildman–Crippen MR) is 85.6 cm³/mol. The average Bonchev–Trinajstić information content (AvgIpc) is 2.67. The smallest absolute Gasteiger partial charge is 0.131 e. The van der Waals surface area contributed by atoms with Crippen molar-refractivity contribution >= 4 is 5.82 Å². The number of hydrogen-bond donors (Lipinski definition) is 1. The SMILES string of the molecule is CC(C)Cn1c(C(C)(C)C)nc(-c2ccccc2)c1N. The molecule has 0 spiro atoms. The van der Waals surface area contributed by atoms with Gasteiger partial charge >= 0.3 is 0 Å². The highest BCUT2D eigenvalue weighted by Crippen LogP contribution is 2.32. The number of rotatable bonds is 3. The van der Waals surface area contributed by atoms with Crippen molar-refractivity contribution < 1.29 is 0 Å².